The van der Waals surface area contributed by atoms with Crippen LogP contribution in [0, 0.1) is 6.92 Å². The van der Waals surface area contributed by atoms with E-state index >= 15 is 0 Å². The van der Waals surface area contributed by atoms with E-state index in [0.717, 1.165) is 12.1 Å². The molecule has 1 aliphatic carbocycles. The molecule has 0 N–H and O–H groups in total. The summed E-state index contributed by atoms with van der Waals surface area (Å²) in [5.74, 6) is 0. The Morgan fingerprint density at radius 3 is 2.50 bits per heavy atom. The van der Waals surface area contributed by atoms with E-state index in [1.807, 2.05) is 6.20 Å². The maximum Gasteiger partial charge on any atom is 0.0661 e. The van der Waals surface area contributed by atoms with Gasteiger partial charge in [0, 0.05) is 6.20 Å². The summed E-state index contributed by atoms with van der Waals surface area (Å²) >= 11 is 0. The second kappa shape index (κ2) is 3.79. The van der Waals surface area contributed by atoms with Gasteiger partial charge in [0.1, 0.15) is 0 Å². The molecule has 72 valence electrons. The number of hydrogen-bond acceptors (Lipinski definition) is 1. The van der Waals surface area contributed by atoms with Crippen LogP contribution in [0.5, 0.6) is 0 Å². The standard InChI is InChI=1S/C13H15N/c1-10-3-6-12(7-4-10)13-8-5-11(2)9-14-13/h3,5-6,8-9H,4,7H2,1-2H3. The Labute approximate surface area is 85.2 Å². The molecule has 1 aliphatic rings. The molecule has 0 spiro atoms. The van der Waals surface area contributed by atoms with Crippen LogP contribution in [-0.4, -0.2) is 4.98 Å². The highest BCUT2D eigenvalue weighted by Gasteiger charge is 2.06. The van der Waals surface area contributed by atoms with E-state index in [1.54, 1.807) is 0 Å². The Kier molecular flexibility index (Phi) is 2.49. The zero-order valence-electron chi connectivity index (χ0n) is 8.75. The first-order chi connectivity index (χ1) is 6.75. The first-order valence-electron chi connectivity index (χ1n) is 5.05. The van der Waals surface area contributed by atoms with Gasteiger partial charge in [-0.15, -0.1) is 0 Å². The largest absolute Gasteiger partial charge is 0.256 e. The van der Waals surface area contributed by atoms with Crippen molar-refractivity contribution in [3.05, 3.63) is 47.3 Å². The molecule has 0 saturated carbocycles. The van der Waals surface area contributed by atoms with E-state index < -0.39 is 0 Å². The number of rotatable bonds is 1. The average molecular weight is 185 g/mol. The van der Waals surface area contributed by atoms with E-state index in [0.29, 0.717) is 0 Å². The van der Waals surface area contributed by atoms with Crippen molar-refractivity contribution in [2.24, 2.45) is 0 Å². The third-order valence-corrected chi connectivity index (χ3v) is 2.60. The molecule has 0 saturated heterocycles. The summed E-state index contributed by atoms with van der Waals surface area (Å²) < 4.78 is 0. The maximum atomic E-state index is 4.43. The first kappa shape index (κ1) is 9.20. The van der Waals surface area contributed by atoms with Crippen molar-refractivity contribution < 1.29 is 0 Å². The van der Waals surface area contributed by atoms with Gasteiger partial charge < -0.3 is 0 Å². The van der Waals surface area contributed by atoms with Gasteiger partial charge in [-0.25, -0.2) is 0 Å². The molecule has 14 heavy (non-hydrogen) atoms. The van der Waals surface area contributed by atoms with Crippen LogP contribution in [0.25, 0.3) is 5.57 Å². The van der Waals surface area contributed by atoms with E-state index in [9.17, 15) is 0 Å². The minimum absolute atomic E-state index is 1.12. The fourth-order valence-electron chi connectivity index (χ4n) is 1.61. The molecule has 0 aromatic carbocycles. The number of aromatic nitrogens is 1. The van der Waals surface area contributed by atoms with Gasteiger partial charge in [-0.05, 0) is 43.9 Å². The Hall–Kier alpha value is -1.37. The molecule has 2 rings (SSSR count). The smallest absolute Gasteiger partial charge is 0.0661 e. The molecular weight excluding hydrogens is 170 g/mol. The average Bonchev–Trinajstić information content (AvgIpc) is 2.21. The lowest BCUT2D eigenvalue weighted by Crippen LogP contribution is -1.94. The molecule has 0 bridgehead atoms. The number of pyridine rings is 1. The fourth-order valence-corrected chi connectivity index (χ4v) is 1.61. The van der Waals surface area contributed by atoms with Gasteiger partial charge in [-0.3, -0.25) is 4.98 Å². The molecule has 1 aromatic heterocycles. The lowest BCUT2D eigenvalue weighted by molar-refractivity contribution is 0.967. The van der Waals surface area contributed by atoms with E-state index in [1.165, 1.54) is 23.1 Å². The molecule has 1 heteroatoms. The van der Waals surface area contributed by atoms with Crippen LogP contribution in [0.15, 0.2) is 36.1 Å². The SMILES string of the molecule is CC1=CC=C(c2ccc(C)cn2)CC1. The first-order valence-corrected chi connectivity index (χ1v) is 5.05. The van der Waals surface area contributed by atoms with Crippen LogP contribution in [-0.2, 0) is 0 Å². The number of allylic oxidation sites excluding steroid dienone is 4. The number of nitrogens with zero attached hydrogens (tertiary/aromatic N) is 1. The lowest BCUT2D eigenvalue weighted by atomic mass is 9.97. The van der Waals surface area contributed by atoms with Crippen molar-refractivity contribution >= 4 is 5.57 Å². The summed E-state index contributed by atoms with van der Waals surface area (Å²) in [6.07, 6.45) is 8.61. The number of aryl methyl sites for hydroxylation is 1. The molecule has 0 atom stereocenters. The second-order valence-electron chi connectivity index (χ2n) is 3.93. The summed E-state index contributed by atoms with van der Waals surface area (Å²) in [5, 5.41) is 0. The molecule has 1 heterocycles. The third-order valence-electron chi connectivity index (χ3n) is 2.60. The minimum Gasteiger partial charge on any atom is -0.256 e. The summed E-state index contributed by atoms with van der Waals surface area (Å²) in [6, 6.07) is 4.23. The van der Waals surface area contributed by atoms with E-state index in [4.69, 9.17) is 0 Å². The molecule has 0 fully saturated rings. The van der Waals surface area contributed by atoms with Crippen LogP contribution < -0.4 is 0 Å². The molecule has 1 nitrogen and oxygen atoms in total. The van der Waals surface area contributed by atoms with Crippen LogP contribution in [0.4, 0.5) is 0 Å². The van der Waals surface area contributed by atoms with Crippen molar-refractivity contribution in [2.45, 2.75) is 26.7 Å². The molecule has 0 radical (unpaired) electrons. The predicted molar refractivity (Wildman–Crippen MR) is 59.9 cm³/mol. The third kappa shape index (κ3) is 1.92. The van der Waals surface area contributed by atoms with Crippen LogP contribution >= 0.6 is 0 Å². The summed E-state index contributed by atoms with van der Waals surface area (Å²) in [4.78, 5) is 4.43. The van der Waals surface area contributed by atoms with Crippen molar-refractivity contribution in [3.8, 4) is 0 Å². The molecule has 0 aliphatic heterocycles. The van der Waals surface area contributed by atoms with Gasteiger partial charge in [0.05, 0.1) is 5.69 Å². The van der Waals surface area contributed by atoms with Gasteiger partial charge in [-0.1, -0.05) is 23.8 Å². The van der Waals surface area contributed by atoms with Gasteiger partial charge in [0.15, 0.2) is 0 Å². The molecule has 0 amide bonds. The van der Waals surface area contributed by atoms with Crippen LogP contribution in [0.3, 0.4) is 0 Å². The highest BCUT2D eigenvalue weighted by molar-refractivity contribution is 5.66. The zero-order chi connectivity index (χ0) is 9.97. The highest BCUT2D eigenvalue weighted by atomic mass is 14.7. The number of hydrogen-bond donors (Lipinski definition) is 0. The predicted octanol–water partition coefficient (Wildman–Crippen LogP) is 3.51. The summed E-state index contributed by atoms with van der Waals surface area (Å²) in [6.45, 7) is 4.24. The van der Waals surface area contributed by atoms with Gasteiger partial charge in [-0.2, -0.15) is 0 Å². The lowest BCUT2D eigenvalue weighted by Gasteiger charge is -2.11. The highest BCUT2D eigenvalue weighted by Crippen LogP contribution is 2.24. The quantitative estimate of drug-likeness (QED) is 0.652. The Bertz CT molecular complexity index is 382. The van der Waals surface area contributed by atoms with Crippen LogP contribution in [0.1, 0.15) is 31.0 Å². The summed E-state index contributed by atoms with van der Waals surface area (Å²) in [7, 11) is 0. The van der Waals surface area contributed by atoms with Crippen molar-refractivity contribution in [3.63, 3.8) is 0 Å². The van der Waals surface area contributed by atoms with Gasteiger partial charge in [0.2, 0.25) is 0 Å². The normalized spacial score (nSPS) is 16.1. The van der Waals surface area contributed by atoms with Crippen molar-refractivity contribution in [2.75, 3.05) is 0 Å². The molecule has 1 aromatic rings. The topological polar surface area (TPSA) is 12.9 Å². The molecule has 0 unspecified atom stereocenters. The van der Waals surface area contributed by atoms with Crippen LogP contribution in [0.2, 0.25) is 0 Å². The maximum absolute atomic E-state index is 4.43. The Morgan fingerprint density at radius 1 is 1.07 bits per heavy atom. The minimum atomic E-state index is 1.12. The second-order valence-corrected chi connectivity index (χ2v) is 3.93. The van der Waals surface area contributed by atoms with Crippen molar-refractivity contribution in [1.29, 1.82) is 0 Å². The monoisotopic (exact) mass is 185 g/mol. The van der Waals surface area contributed by atoms with Gasteiger partial charge >= 0.3 is 0 Å². The fraction of sp³-hybridized carbons (Fsp3) is 0.308. The Balaban J connectivity index is 2.28. The van der Waals surface area contributed by atoms with E-state index in [2.05, 4.69) is 43.1 Å². The zero-order valence-corrected chi connectivity index (χ0v) is 8.75. The van der Waals surface area contributed by atoms with Gasteiger partial charge in [0.25, 0.3) is 0 Å². The van der Waals surface area contributed by atoms with Crippen molar-refractivity contribution in [1.82, 2.24) is 4.98 Å². The molecular formula is C13H15N. The summed E-state index contributed by atoms with van der Waals surface area (Å²) in [5.41, 5.74) is 5.16. The van der Waals surface area contributed by atoms with E-state index in [-0.39, 0.29) is 0 Å². The Morgan fingerprint density at radius 2 is 1.93 bits per heavy atom.